The van der Waals surface area contributed by atoms with Gasteiger partial charge in [-0.1, -0.05) is 62.7 Å². The fourth-order valence-electron chi connectivity index (χ4n) is 2.46. The summed E-state index contributed by atoms with van der Waals surface area (Å²) in [6.45, 7) is 4.69. The fraction of sp³-hybridized carbons (Fsp3) is 0.619. The number of hydrogen-bond donors (Lipinski definition) is 0. The van der Waals surface area contributed by atoms with Gasteiger partial charge in [0.25, 0.3) is 0 Å². The molecule has 0 fully saturated rings. The highest BCUT2D eigenvalue weighted by atomic mass is 35.5. The van der Waals surface area contributed by atoms with Gasteiger partial charge in [0, 0.05) is 28.5 Å². The maximum atomic E-state index is 11.8. The van der Waals surface area contributed by atoms with Crippen LogP contribution in [0.25, 0.3) is 0 Å². The molecule has 1 aromatic carbocycles. The summed E-state index contributed by atoms with van der Waals surface area (Å²) in [5.74, 6) is 0.0494. The van der Waals surface area contributed by atoms with Gasteiger partial charge in [-0.25, -0.2) is 0 Å². The SMILES string of the molecule is CC(C)COC(=O)CCCCCCCCC(=O)OCc1cc(Cl)ccc1Cl. The van der Waals surface area contributed by atoms with E-state index in [0.717, 1.165) is 38.5 Å². The first-order valence-electron chi connectivity index (χ1n) is 9.63. The van der Waals surface area contributed by atoms with Crippen molar-refractivity contribution < 1.29 is 19.1 Å². The number of rotatable bonds is 13. The largest absolute Gasteiger partial charge is 0.465 e. The lowest BCUT2D eigenvalue weighted by molar-refractivity contribution is -0.145. The first-order chi connectivity index (χ1) is 12.9. The van der Waals surface area contributed by atoms with Crippen LogP contribution in [0.15, 0.2) is 18.2 Å². The summed E-state index contributed by atoms with van der Waals surface area (Å²) in [5, 5.41) is 1.11. The molecule has 0 unspecified atom stereocenters. The van der Waals surface area contributed by atoms with Gasteiger partial charge in [0.2, 0.25) is 0 Å². The molecule has 6 heteroatoms. The smallest absolute Gasteiger partial charge is 0.306 e. The minimum atomic E-state index is -0.223. The van der Waals surface area contributed by atoms with Crippen LogP contribution in [0.3, 0.4) is 0 Å². The molecule has 1 aromatic rings. The van der Waals surface area contributed by atoms with E-state index in [-0.39, 0.29) is 18.5 Å². The molecule has 0 aliphatic rings. The number of ether oxygens (including phenoxy) is 2. The fourth-order valence-corrected chi connectivity index (χ4v) is 2.83. The van der Waals surface area contributed by atoms with Crippen LogP contribution in [0.4, 0.5) is 0 Å². The van der Waals surface area contributed by atoms with Crippen molar-refractivity contribution in [3.8, 4) is 0 Å². The van der Waals surface area contributed by atoms with Gasteiger partial charge in [-0.05, 0) is 37.0 Å². The third-order valence-electron chi connectivity index (χ3n) is 3.99. The Bertz CT molecular complexity index is 588. The van der Waals surface area contributed by atoms with E-state index in [2.05, 4.69) is 0 Å². The van der Waals surface area contributed by atoms with Crippen LogP contribution < -0.4 is 0 Å². The molecule has 0 saturated heterocycles. The maximum absolute atomic E-state index is 11.8. The van der Waals surface area contributed by atoms with Gasteiger partial charge in [0.1, 0.15) is 6.61 Å². The van der Waals surface area contributed by atoms with Crippen LogP contribution in [0.2, 0.25) is 10.0 Å². The van der Waals surface area contributed by atoms with Crippen LogP contribution in [-0.4, -0.2) is 18.5 Å². The molecular weight excluding hydrogens is 387 g/mol. The van der Waals surface area contributed by atoms with E-state index in [4.69, 9.17) is 32.7 Å². The third kappa shape index (κ3) is 11.9. The molecule has 0 radical (unpaired) electrons. The number of carbonyl (C=O) groups is 2. The number of halogens is 2. The third-order valence-corrected chi connectivity index (χ3v) is 4.59. The van der Waals surface area contributed by atoms with Gasteiger partial charge in [-0.2, -0.15) is 0 Å². The highest BCUT2D eigenvalue weighted by molar-refractivity contribution is 6.33. The lowest BCUT2D eigenvalue weighted by Gasteiger charge is -2.07. The topological polar surface area (TPSA) is 52.6 Å². The number of esters is 2. The lowest BCUT2D eigenvalue weighted by Crippen LogP contribution is -2.09. The highest BCUT2D eigenvalue weighted by Crippen LogP contribution is 2.21. The zero-order chi connectivity index (χ0) is 20.1. The van der Waals surface area contributed by atoms with Crippen molar-refractivity contribution in [2.75, 3.05) is 6.61 Å². The standard InChI is InChI=1S/C21H30Cl2O4/c1-16(2)14-26-20(24)9-7-5-3-4-6-8-10-21(25)27-15-17-13-18(22)11-12-19(17)23/h11-13,16H,3-10,14-15H2,1-2H3. The first-order valence-corrected chi connectivity index (χ1v) is 10.4. The van der Waals surface area contributed by atoms with Gasteiger partial charge in [-0.15, -0.1) is 0 Å². The maximum Gasteiger partial charge on any atom is 0.306 e. The Morgan fingerprint density at radius 3 is 2.04 bits per heavy atom. The molecule has 0 amide bonds. The summed E-state index contributed by atoms with van der Waals surface area (Å²) in [7, 11) is 0. The van der Waals surface area contributed by atoms with Crippen LogP contribution in [0, 0.1) is 5.92 Å². The van der Waals surface area contributed by atoms with Crippen molar-refractivity contribution in [3.05, 3.63) is 33.8 Å². The van der Waals surface area contributed by atoms with Crippen LogP contribution in [0.5, 0.6) is 0 Å². The van der Waals surface area contributed by atoms with Crippen LogP contribution in [-0.2, 0) is 25.7 Å². The Labute approximate surface area is 172 Å². The predicted molar refractivity (Wildman–Crippen MR) is 109 cm³/mol. The molecule has 0 saturated carbocycles. The molecular formula is C21H30Cl2O4. The minimum absolute atomic E-state index is 0.105. The van der Waals surface area contributed by atoms with Crippen LogP contribution in [0.1, 0.15) is 70.8 Å². The second kappa shape index (κ2) is 13.8. The summed E-state index contributed by atoms with van der Waals surface area (Å²) in [6, 6.07) is 5.09. The molecule has 4 nitrogen and oxygen atoms in total. The Hall–Kier alpha value is -1.26. The average molecular weight is 417 g/mol. The van der Waals surface area contributed by atoms with Crippen molar-refractivity contribution in [2.24, 2.45) is 5.92 Å². The molecule has 0 N–H and O–H groups in total. The monoisotopic (exact) mass is 416 g/mol. The van der Waals surface area contributed by atoms with Gasteiger partial charge in [0.15, 0.2) is 0 Å². The molecule has 0 aromatic heterocycles. The molecule has 1 rings (SSSR count). The molecule has 0 aliphatic heterocycles. The van der Waals surface area contributed by atoms with E-state index in [9.17, 15) is 9.59 Å². The van der Waals surface area contributed by atoms with Crippen molar-refractivity contribution in [1.82, 2.24) is 0 Å². The summed E-state index contributed by atoms with van der Waals surface area (Å²) in [4.78, 5) is 23.3. The van der Waals surface area contributed by atoms with E-state index in [0.29, 0.717) is 41.0 Å². The van der Waals surface area contributed by atoms with E-state index in [1.165, 1.54) is 0 Å². The molecule has 27 heavy (non-hydrogen) atoms. The highest BCUT2D eigenvalue weighted by Gasteiger charge is 2.07. The molecule has 0 spiro atoms. The Kier molecular flexibility index (Phi) is 12.2. The molecule has 152 valence electrons. The summed E-state index contributed by atoms with van der Waals surface area (Å²) in [5.41, 5.74) is 0.712. The van der Waals surface area contributed by atoms with Crippen molar-refractivity contribution in [3.63, 3.8) is 0 Å². The van der Waals surface area contributed by atoms with Gasteiger partial charge >= 0.3 is 11.9 Å². The molecule has 0 atom stereocenters. The molecule has 0 bridgehead atoms. The Morgan fingerprint density at radius 1 is 0.889 bits per heavy atom. The number of unbranched alkanes of at least 4 members (excludes halogenated alkanes) is 5. The zero-order valence-electron chi connectivity index (χ0n) is 16.3. The Balaban J connectivity index is 1.99. The van der Waals surface area contributed by atoms with Gasteiger partial charge in [-0.3, -0.25) is 9.59 Å². The summed E-state index contributed by atoms with van der Waals surface area (Å²) in [6.07, 6.45) is 6.65. The summed E-state index contributed by atoms with van der Waals surface area (Å²) >= 11 is 11.9. The van der Waals surface area contributed by atoms with Gasteiger partial charge < -0.3 is 9.47 Å². The van der Waals surface area contributed by atoms with E-state index < -0.39 is 0 Å². The number of benzene rings is 1. The Morgan fingerprint density at radius 2 is 1.44 bits per heavy atom. The van der Waals surface area contributed by atoms with E-state index in [1.54, 1.807) is 18.2 Å². The number of carbonyl (C=O) groups excluding carboxylic acids is 2. The quantitative estimate of drug-likeness (QED) is 0.277. The van der Waals surface area contributed by atoms with Crippen molar-refractivity contribution in [2.45, 2.75) is 71.8 Å². The second-order valence-corrected chi connectivity index (χ2v) is 7.94. The van der Waals surface area contributed by atoms with E-state index >= 15 is 0 Å². The lowest BCUT2D eigenvalue weighted by atomic mass is 10.1. The molecule has 0 heterocycles. The molecule has 0 aliphatic carbocycles. The predicted octanol–water partition coefficient (Wildman–Crippen LogP) is 6.36. The van der Waals surface area contributed by atoms with E-state index in [1.807, 2.05) is 13.8 Å². The van der Waals surface area contributed by atoms with Crippen LogP contribution >= 0.6 is 23.2 Å². The average Bonchev–Trinajstić information content (AvgIpc) is 2.62. The normalized spacial score (nSPS) is 10.9. The van der Waals surface area contributed by atoms with Crippen molar-refractivity contribution in [1.29, 1.82) is 0 Å². The second-order valence-electron chi connectivity index (χ2n) is 7.09. The first kappa shape index (κ1) is 23.8. The number of hydrogen-bond acceptors (Lipinski definition) is 4. The minimum Gasteiger partial charge on any atom is -0.465 e. The zero-order valence-corrected chi connectivity index (χ0v) is 17.8. The summed E-state index contributed by atoms with van der Waals surface area (Å²) < 4.78 is 10.4. The van der Waals surface area contributed by atoms with Gasteiger partial charge in [0.05, 0.1) is 6.61 Å². The van der Waals surface area contributed by atoms with Crippen molar-refractivity contribution >= 4 is 35.1 Å².